The molecule has 0 spiro atoms. The van der Waals surface area contributed by atoms with Crippen molar-refractivity contribution in [3.05, 3.63) is 0 Å². The first-order chi connectivity index (χ1) is 8.40. The van der Waals surface area contributed by atoms with Crippen molar-refractivity contribution in [3.8, 4) is 0 Å². The van der Waals surface area contributed by atoms with Gasteiger partial charge in [0.2, 0.25) is 0 Å². The van der Waals surface area contributed by atoms with Crippen LogP contribution < -0.4 is 10.6 Å². The minimum Gasteiger partial charge on any atom is -0.481 e. The molecule has 3 unspecified atom stereocenters. The van der Waals surface area contributed by atoms with Gasteiger partial charge in [-0.25, -0.2) is 4.79 Å². The van der Waals surface area contributed by atoms with E-state index in [0.717, 1.165) is 12.8 Å². The number of rotatable bonds is 7. The Morgan fingerprint density at radius 1 is 1.44 bits per heavy atom. The average Bonchev–Trinajstić information content (AvgIpc) is 3.07. The molecule has 0 aromatic heterocycles. The number of carbonyl (C=O) groups excluding carboxylic acids is 1. The Balaban J connectivity index is 2.32. The highest BCUT2D eigenvalue weighted by Crippen LogP contribution is 2.33. The molecule has 2 amide bonds. The zero-order valence-corrected chi connectivity index (χ0v) is 11.5. The third kappa shape index (κ3) is 5.48. The zero-order chi connectivity index (χ0) is 13.7. The number of nitrogens with one attached hydrogen (secondary N) is 2. The van der Waals surface area contributed by atoms with E-state index >= 15 is 0 Å². The molecule has 0 aromatic carbocycles. The molecule has 0 radical (unpaired) electrons. The summed E-state index contributed by atoms with van der Waals surface area (Å²) in [5, 5.41) is 13.9. The molecule has 18 heavy (non-hydrogen) atoms. The Morgan fingerprint density at radius 2 is 2.06 bits per heavy atom. The second-order valence-corrected chi connectivity index (χ2v) is 6.51. The van der Waals surface area contributed by atoms with Crippen LogP contribution in [0.4, 0.5) is 4.79 Å². The Kier molecular flexibility index (Phi) is 5.58. The van der Waals surface area contributed by atoms with Crippen LogP contribution in [0.15, 0.2) is 0 Å². The second-order valence-electron chi connectivity index (χ2n) is 4.71. The molecule has 7 heteroatoms. The van der Waals surface area contributed by atoms with E-state index in [-0.39, 0.29) is 29.7 Å². The standard InChI is InChI=1S/C11H20N2O4S/c1-7(18(2)17)6-12-11(16)13-9(5-10(14)15)8-3-4-8/h7-9H,3-6H2,1-2H3,(H,14,15)(H2,12,13,16). The molecule has 1 fully saturated rings. The van der Waals surface area contributed by atoms with Crippen LogP contribution in [0.3, 0.4) is 0 Å². The predicted octanol–water partition coefficient (Wildman–Crippen LogP) is 0.306. The topological polar surface area (TPSA) is 95.5 Å². The number of carboxylic acid groups (broad SMARTS) is 1. The minimum atomic E-state index is -0.982. The largest absolute Gasteiger partial charge is 0.481 e. The quantitative estimate of drug-likeness (QED) is 0.623. The van der Waals surface area contributed by atoms with Gasteiger partial charge in [-0.15, -0.1) is 0 Å². The fourth-order valence-electron chi connectivity index (χ4n) is 1.60. The summed E-state index contributed by atoms with van der Waals surface area (Å²) in [5.41, 5.74) is 0. The van der Waals surface area contributed by atoms with Crippen molar-refractivity contribution < 1.29 is 18.9 Å². The fraction of sp³-hybridized carbons (Fsp3) is 0.818. The molecule has 6 nitrogen and oxygen atoms in total. The van der Waals surface area contributed by atoms with Gasteiger partial charge in [-0.1, -0.05) is 0 Å². The number of aliphatic carboxylic acids is 1. The van der Waals surface area contributed by atoms with Crippen molar-refractivity contribution in [2.45, 2.75) is 37.5 Å². The van der Waals surface area contributed by atoms with Crippen molar-refractivity contribution in [2.24, 2.45) is 5.92 Å². The number of carbonyl (C=O) groups is 2. The van der Waals surface area contributed by atoms with Crippen LogP contribution in [-0.4, -0.2) is 45.4 Å². The molecular weight excluding hydrogens is 256 g/mol. The van der Waals surface area contributed by atoms with Crippen molar-refractivity contribution in [1.82, 2.24) is 10.6 Å². The van der Waals surface area contributed by atoms with Crippen LogP contribution in [0, 0.1) is 5.92 Å². The summed E-state index contributed by atoms with van der Waals surface area (Å²) >= 11 is 0. The second kappa shape index (κ2) is 6.72. The van der Waals surface area contributed by atoms with E-state index in [1.54, 1.807) is 13.2 Å². The number of hydrogen-bond donors (Lipinski definition) is 3. The highest BCUT2D eigenvalue weighted by atomic mass is 32.2. The lowest BCUT2D eigenvalue weighted by molar-refractivity contribution is -0.137. The van der Waals surface area contributed by atoms with Gasteiger partial charge in [0, 0.05) is 34.9 Å². The van der Waals surface area contributed by atoms with Crippen molar-refractivity contribution in [2.75, 3.05) is 12.8 Å². The van der Waals surface area contributed by atoms with Gasteiger partial charge in [0.15, 0.2) is 0 Å². The summed E-state index contributed by atoms with van der Waals surface area (Å²) in [7, 11) is -0.982. The molecule has 3 atom stereocenters. The third-order valence-corrected chi connectivity index (χ3v) is 4.32. The molecule has 0 saturated heterocycles. The molecule has 0 heterocycles. The van der Waals surface area contributed by atoms with E-state index in [2.05, 4.69) is 10.6 Å². The van der Waals surface area contributed by atoms with Gasteiger partial charge < -0.3 is 15.7 Å². The lowest BCUT2D eigenvalue weighted by atomic mass is 10.1. The Hall–Kier alpha value is -1.11. The van der Waals surface area contributed by atoms with Crippen LogP contribution in [0.5, 0.6) is 0 Å². The predicted molar refractivity (Wildman–Crippen MR) is 68.8 cm³/mol. The van der Waals surface area contributed by atoms with Crippen LogP contribution in [0.1, 0.15) is 26.2 Å². The number of amides is 2. The highest BCUT2D eigenvalue weighted by Gasteiger charge is 2.33. The molecule has 0 aromatic rings. The summed E-state index contributed by atoms with van der Waals surface area (Å²) in [5.74, 6) is -0.625. The van der Waals surface area contributed by atoms with Gasteiger partial charge in [0.1, 0.15) is 0 Å². The zero-order valence-electron chi connectivity index (χ0n) is 10.6. The minimum absolute atomic E-state index is 0.0483. The maximum absolute atomic E-state index is 11.6. The fourth-order valence-corrected chi connectivity index (χ4v) is 1.91. The first kappa shape index (κ1) is 14.9. The summed E-state index contributed by atoms with van der Waals surface area (Å²) < 4.78 is 11.1. The monoisotopic (exact) mass is 276 g/mol. The number of hydrogen-bond acceptors (Lipinski definition) is 3. The lowest BCUT2D eigenvalue weighted by Crippen LogP contribution is -2.46. The van der Waals surface area contributed by atoms with Crippen molar-refractivity contribution in [1.29, 1.82) is 0 Å². The van der Waals surface area contributed by atoms with Crippen molar-refractivity contribution in [3.63, 3.8) is 0 Å². The summed E-state index contributed by atoms with van der Waals surface area (Å²) in [4.78, 5) is 22.2. The van der Waals surface area contributed by atoms with Crippen molar-refractivity contribution >= 4 is 22.8 Å². The summed E-state index contributed by atoms with van der Waals surface area (Å²) in [6, 6.07) is -0.685. The first-order valence-corrected chi connectivity index (χ1v) is 7.60. The van der Waals surface area contributed by atoms with E-state index in [1.165, 1.54) is 0 Å². The molecule has 0 aliphatic heterocycles. The molecule has 3 N–H and O–H groups in total. The molecule has 1 rings (SSSR count). The summed E-state index contributed by atoms with van der Waals surface area (Å²) in [6.45, 7) is 2.10. The number of carboxylic acids is 1. The Morgan fingerprint density at radius 3 is 2.50 bits per heavy atom. The normalized spacial score (nSPS) is 19.7. The number of urea groups is 1. The molecule has 1 aliphatic rings. The smallest absolute Gasteiger partial charge is 0.315 e. The summed E-state index contributed by atoms with van der Waals surface area (Å²) in [6.07, 6.45) is 3.47. The maximum Gasteiger partial charge on any atom is 0.315 e. The van der Waals surface area contributed by atoms with E-state index in [0.29, 0.717) is 6.54 Å². The van der Waals surface area contributed by atoms with Gasteiger partial charge in [-0.05, 0) is 25.7 Å². The van der Waals surface area contributed by atoms with Gasteiger partial charge in [-0.2, -0.15) is 0 Å². The van der Waals surface area contributed by atoms with E-state index < -0.39 is 16.8 Å². The van der Waals surface area contributed by atoms with E-state index in [1.807, 2.05) is 0 Å². The highest BCUT2D eigenvalue weighted by molar-refractivity contribution is 7.84. The maximum atomic E-state index is 11.6. The molecule has 1 aliphatic carbocycles. The molecule has 0 bridgehead atoms. The lowest BCUT2D eigenvalue weighted by Gasteiger charge is -2.17. The van der Waals surface area contributed by atoms with Gasteiger partial charge in [0.05, 0.1) is 6.42 Å². The Labute approximate surface area is 109 Å². The average molecular weight is 276 g/mol. The van der Waals surface area contributed by atoms with E-state index in [4.69, 9.17) is 5.11 Å². The van der Waals surface area contributed by atoms with Gasteiger partial charge in [-0.3, -0.25) is 9.00 Å². The Bertz CT molecular complexity index is 344. The van der Waals surface area contributed by atoms with Crippen LogP contribution in [0.2, 0.25) is 0 Å². The molecule has 104 valence electrons. The SMILES string of the molecule is CC(CNC(=O)NC(CC(=O)O)C1CC1)S(C)=O. The van der Waals surface area contributed by atoms with Gasteiger partial charge >= 0.3 is 12.0 Å². The molecular formula is C11H20N2O4S. The van der Waals surface area contributed by atoms with E-state index in [9.17, 15) is 13.8 Å². The van der Waals surface area contributed by atoms with Crippen LogP contribution in [-0.2, 0) is 15.6 Å². The molecule has 1 saturated carbocycles. The van der Waals surface area contributed by atoms with Gasteiger partial charge in [0.25, 0.3) is 0 Å². The van der Waals surface area contributed by atoms with Crippen LogP contribution >= 0.6 is 0 Å². The third-order valence-electron chi connectivity index (χ3n) is 3.02. The van der Waals surface area contributed by atoms with Crippen LogP contribution in [0.25, 0.3) is 0 Å². The first-order valence-electron chi connectivity index (χ1n) is 5.98.